The molecule has 3 nitrogen and oxygen atoms in total. The molecule has 0 saturated carbocycles. The van der Waals surface area contributed by atoms with Crippen LogP contribution in [0.2, 0.25) is 0 Å². The first-order valence-corrected chi connectivity index (χ1v) is 7.49. The third-order valence-electron chi connectivity index (χ3n) is 3.71. The van der Waals surface area contributed by atoms with Gasteiger partial charge in [0.25, 0.3) is 0 Å². The van der Waals surface area contributed by atoms with Crippen LogP contribution in [-0.2, 0) is 13.1 Å². The Labute approximate surface area is 117 Å². The molecule has 0 unspecified atom stereocenters. The van der Waals surface area contributed by atoms with E-state index in [0.717, 1.165) is 24.6 Å². The summed E-state index contributed by atoms with van der Waals surface area (Å²) in [6, 6.07) is 2.22. The summed E-state index contributed by atoms with van der Waals surface area (Å²) in [7, 11) is 0. The summed E-state index contributed by atoms with van der Waals surface area (Å²) in [5.41, 5.74) is 1.49. The molecule has 0 aromatic carbocycles. The molecule has 1 fully saturated rings. The van der Waals surface area contributed by atoms with E-state index < -0.39 is 0 Å². The fourth-order valence-corrected chi connectivity index (χ4v) is 2.54. The van der Waals surface area contributed by atoms with Crippen LogP contribution < -0.4 is 5.32 Å². The Hall–Kier alpha value is -0.800. The normalized spacial score (nSPS) is 17.9. The average molecular weight is 264 g/mol. The Morgan fingerprint density at radius 3 is 2.53 bits per heavy atom. The minimum Gasteiger partial charge on any atom is -0.465 e. The first kappa shape index (κ1) is 14.6. The number of nitrogens with zero attached hydrogens (tertiary/aromatic N) is 1. The quantitative estimate of drug-likeness (QED) is 0.902. The van der Waals surface area contributed by atoms with Gasteiger partial charge in [-0.25, -0.2) is 0 Å². The third-order valence-corrected chi connectivity index (χ3v) is 3.71. The van der Waals surface area contributed by atoms with Gasteiger partial charge in [0, 0.05) is 17.6 Å². The zero-order valence-electron chi connectivity index (χ0n) is 12.9. The number of furan rings is 1. The Kier molecular flexibility index (Phi) is 4.69. The molecule has 2 rings (SSSR count). The van der Waals surface area contributed by atoms with E-state index in [-0.39, 0.29) is 5.54 Å². The van der Waals surface area contributed by atoms with Crippen LogP contribution in [0.15, 0.2) is 10.5 Å². The van der Waals surface area contributed by atoms with Gasteiger partial charge in [-0.2, -0.15) is 0 Å². The van der Waals surface area contributed by atoms with Crippen LogP contribution >= 0.6 is 0 Å². The molecule has 0 spiro atoms. The molecule has 19 heavy (non-hydrogen) atoms. The lowest BCUT2D eigenvalue weighted by Gasteiger charge is -2.25. The van der Waals surface area contributed by atoms with Gasteiger partial charge in [-0.05, 0) is 59.7 Å². The lowest BCUT2D eigenvalue weighted by Crippen LogP contribution is -2.34. The van der Waals surface area contributed by atoms with E-state index >= 15 is 0 Å². The Morgan fingerprint density at radius 2 is 1.89 bits per heavy atom. The lowest BCUT2D eigenvalue weighted by molar-refractivity contribution is 0.219. The van der Waals surface area contributed by atoms with Crippen molar-refractivity contribution < 1.29 is 4.42 Å². The minimum atomic E-state index is 0.133. The largest absolute Gasteiger partial charge is 0.465 e. The summed E-state index contributed by atoms with van der Waals surface area (Å²) < 4.78 is 5.86. The van der Waals surface area contributed by atoms with Crippen molar-refractivity contribution in [1.29, 1.82) is 0 Å². The van der Waals surface area contributed by atoms with Crippen molar-refractivity contribution in [2.75, 3.05) is 13.1 Å². The van der Waals surface area contributed by atoms with Crippen LogP contribution in [0.25, 0.3) is 0 Å². The smallest absolute Gasteiger partial charge is 0.118 e. The molecule has 0 aliphatic carbocycles. The summed E-state index contributed by atoms with van der Waals surface area (Å²) in [6.07, 6.45) is 4.08. The molecular weight excluding hydrogens is 236 g/mol. The van der Waals surface area contributed by atoms with Gasteiger partial charge in [0.1, 0.15) is 11.5 Å². The standard InChI is InChI=1S/C16H28N2O/c1-13-14(12-18-8-6-5-7-9-18)10-15(19-13)11-17-16(2,3)4/h10,17H,5-9,11-12H2,1-4H3. The maximum absolute atomic E-state index is 5.86. The number of aryl methyl sites for hydroxylation is 1. The lowest BCUT2D eigenvalue weighted by atomic mass is 10.1. The van der Waals surface area contributed by atoms with Crippen LogP contribution in [0.1, 0.15) is 57.1 Å². The number of piperidine rings is 1. The van der Waals surface area contributed by atoms with Crippen molar-refractivity contribution in [2.24, 2.45) is 0 Å². The second-order valence-electron chi connectivity index (χ2n) is 6.73. The first-order valence-electron chi connectivity index (χ1n) is 7.49. The van der Waals surface area contributed by atoms with E-state index in [0.29, 0.717) is 0 Å². The molecule has 108 valence electrons. The first-order chi connectivity index (χ1) is 8.94. The van der Waals surface area contributed by atoms with E-state index in [1.807, 2.05) is 0 Å². The second kappa shape index (κ2) is 6.10. The fourth-order valence-electron chi connectivity index (χ4n) is 2.54. The van der Waals surface area contributed by atoms with Gasteiger partial charge < -0.3 is 9.73 Å². The zero-order valence-corrected chi connectivity index (χ0v) is 12.9. The van der Waals surface area contributed by atoms with Crippen molar-refractivity contribution >= 4 is 0 Å². The molecule has 2 heterocycles. The van der Waals surface area contributed by atoms with Gasteiger partial charge in [0.2, 0.25) is 0 Å². The predicted octanol–water partition coefficient (Wildman–Crippen LogP) is 3.46. The second-order valence-corrected chi connectivity index (χ2v) is 6.73. The van der Waals surface area contributed by atoms with Crippen LogP contribution in [0.3, 0.4) is 0 Å². The summed E-state index contributed by atoms with van der Waals surface area (Å²) in [5.74, 6) is 2.13. The molecule has 1 aromatic heterocycles. The minimum absolute atomic E-state index is 0.133. The molecule has 1 aromatic rings. The predicted molar refractivity (Wildman–Crippen MR) is 79.2 cm³/mol. The number of hydrogen-bond donors (Lipinski definition) is 1. The summed E-state index contributed by atoms with van der Waals surface area (Å²) >= 11 is 0. The molecule has 0 atom stereocenters. The molecular formula is C16H28N2O. The highest BCUT2D eigenvalue weighted by molar-refractivity contribution is 5.21. The van der Waals surface area contributed by atoms with E-state index in [1.54, 1.807) is 0 Å². The van der Waals surface area contributed by atoms with Crippen LogP contribution in [-0.4, -0.2) is 23.5 Å². The number of hydrogen-bond acceptors (Lipinski definition) is 3. The van der Waals surface area contributed by atoms with Crippen LogP contribution in [0, 0.1) is 6.92 Å². The maximum Gasteiger partial charge on any atom is 0.118 e. The number of likely N-dealkylation sites (tertiary alicyclic amines) is 1. The van der Waals surface area contributed by atoms with Gasteiger partial charge >= 0.3 is 0 Å². The molecule has 0 bridgehead atoms. The van der Waals surface area contributed by atoms with E-state index in [2.05, 4.69) is 44.0 Å². The number of rotatable bonds is 4. The molecule has 3 heteroatoms. The Bertz CT molecular complexity index is 397. The van der Waals surface area contributed by atoms with Crippen molar-refractivity contribution in [3.8, 4) is 0 Å². The molecule has 0 radical (unpaired) electrons. The summed E-state index contributed by atoms with van der Waals surface area (Å²) in [6.45, 7) is 12.9. The molecule has 1 aliphatic heterocycles. The van der Waals surface area contributed by atoms with Gasteiger partial charge in [-0.1, -0.05) is 6.42 Å². The Balaban J connectivity index is 1.92. The topological polar surface area (TPSA) is 28.4 Å². The molecule has 1 N–H and O–H groups in total. The van der Waals surface area contributed by atoms with Crippen LogP contribution in [0.5, 0.6) is 0 Å². The van der Waals surface area contributed by atoms with Crippen molar-refractivity contribution in [1.82, 2.24) is 10.2 Å². The van der Waals surface area contributed by atoms with Crippen LogP contribution in [0.4, 0.5) is 0 Å². The highest BCUT2D eigenvalue weighted by atomic mass is 16.3. The van der Waals surface area contributed by atoms with Gasteiger partial charge in [0.05, 0.1) is 6.54 Å². The Morgan fingerprint density at radius 1 is 1.21 bits per heavy atom. The number of nitrogens with one attached hydrogen (secondary N) is 1. The van der Waals surface area contributed by atoms with Crippen molar-refractivity contribution in [3.05, 3.63) is 23.2 Å². The van der Waals surface area contributed by atoms with Gasteiger partial charge in [-0.15, -0.1) is 0 Å². The fraction of sp³-hybridized carbons (Fsp3) is 0.750. The molecule has 1 aliphatic rings. The van der Waals surface area contributed by atoms with Gasteiger partial charge in [-0.3, -0.25) is 4.90 Å². The van der Waals surface area contributed by atoms with Crippen molar-refractivity contribution in [2.45, 2.75) is 65.6 Å². The monoisotopic (exact) mass is 264 g/mol. The van der Waals surface area contributed by atoms with E-state index in [4.69, 9.17) is 4.42 Å². The molecule has 1 saturated heterocycles. The SMILES string of the molecule is Cc1oc(CNC(C)(C)C)cc1CN1CCCCC1. The highest BCUT2D eigenvalue weighted by Gasteiger charge is 2.15. The van der Waals surface area contributed by atoms with E-state index in [9.17, 15) is 0 Å². The van der Waals surface area contributed by atoms with Gasteiger partial charge in [0.15, 0.2) is 0 Å². The molecule has 0 amide bonds. The summed E-state index contributed by atoms with van der Waals surface area (Å²) in [4.78, 5) is 2.54. The average Bonchev–Trinajstić information content (AvgIpc) is 2.68. The van der Waals surface area contributed by atoms with Crippen molar-refractivity contribution in [3.63, 3.8) is 0 Å². The summed E-state index contributed by atoms with van der Waals surface area (Å²) in [5, 5.41) is 3.47. The zero-order chi connectivity index (χ0) is 13.9. The van der Waals surface area contributed by atoms with E-state index in [1.165, 1.54) is 37.9 Å². The maximum atomic E-state index is 5.86. The highest BCUT2D eigenvalue weighted by Crippen LogP contribution is 2.19. The third kappa shape index (κ3) is 4.66.